The molecule has 0 aromatic heterocycles. The van der Waals surface area contributed by atoms with Crippen molar-refractivity contribution in [3.05, 3.63) is 0 Å². The highest BCUT2D eigenvalue weighted by Crippen LogP contribution is 2.21. The Morgan fingerprint density at radius 1 is 1.17 bits per heavy atom. The third-order valence-electron chi connectivity index (χ3n) is 3.49. The van der Waals surface area contributed by atoms with Crippen LogP contribution >= 0.6 is 0 Å². The molecule has 5 heteroatoms. The van der Waals surface area contributed by atoms with E-state index in [1.807, 2.05) is 0 Å². The Hall–Kier alpha value is -0.200. The van der Waals surface area contributed by atoms with Crippen LogP contribution in [-0.2, 0) is 9.47 Å². The molecule has 0 aromatic rings. The fourth-order valence-electron chi connectivity index (χ4n) is 2.33. The molecule has 5 nitrogen and oxygen atoms in total. The molecule has 0 heterocycles. The molecule has 0 aromatic carbocycles. The summed E-state index contributed by atoms with van der Waals surface area (Å²) in [5, 5.41) is 0. The Labute approximate surface area is 112 Å². The normalized spacial score (nSPS) is 15.7. The predicted molar refractivity (Wildman–Crippen MR) is 75.7 cm³/mol. The van der Waals surface area contributed by atoms with Gasteiger partial charge in [-0.25, -0.2) is 0 Å². The molecule has 0 aliphatic carbocycles. The van der Waals surface area contributed by atoms with Gasteiger partial charge in [-0.3, -0.25) is 4.90 Å². The SMILES string of the molecule is CCN(CCCN(C)C)C(C)(CN)C(OC)OC. The second-order valence-corrected chi connectivity index (χ2v) is 5.10. The van der Waals surface area contributed by atoms with Crippen LogP contribution in [0.4, 0.5) is 0 Å². The highest BCUT2D eigenvalue weighted by Gasteiger charge is 2.38. The lowest BCUT2D eigenvalue weighted by atomic mass is 9.98. The molecular weight excluding hydrogens is 230 g/mol. The Kier molecular flexibility index (Phi) is 8.73. The van der Waals surface area contributed by atoms with Gasteiger partial charge in [0.15, 0.2) is 6.29 Å². The van der Waals surface area contributed by atoms with E-state index in [9.17, 15) is 0 Å². The van der Waals surface area contributed by atoms with E-state index in [0.29, 0.717) is 6.54 Å². The van der Waals surface area contributed by atoms with Crippen LogP contribution in [0.15, 0.2) is 0 Å². The van der Waals surface area contributed by atoms with Crippen molar-refractivity contribution in [3.63, 3.8) is 0 Å². The van der Waals surface area contributed by atoms with Crippen molar-refractivity contribution in [1.29, 1.82) is 0 Å². The van der Waals surface area contributed by atoms with E-state index in [-0.39, 0.29) is 11.8 Å². The van der Waals surface area contributed by atoms with Crippen LogP contribution in [0.5, 0.6) is 0 Å². The number of likely N-dealkylation sites (N-methyl/N-ethyl adjacent to an activating group) is 1. The number of methoxy groups -OCH3 is 2. The van der Waals surface area contributed by atoms with Crippen molar-refractivity contribution in [2.75, 3.05) is 54.5 Å². The fourth-order valence-corrected chi connectivity index (χ4v) is 2.33. The molecule has 0 radical (unpaired) electrons. The molecule has 2 N–H and O–H groups in total. The maximum absolute atomic E-state index is 5.95. The van der Waals surface area contributed by atoms with Gasteiger partial charge in [0, 0.05) is 27.3 Å². The average molecular weight is 261 g/mol. The first kappa shape index (κ1) is 17.8. The minimum atomic E-state index is -0.304. The fraction of sp³-hybridized carbons (Fsp3) is 1.00. The molecule has 0 fully saturated rings. The smallest absolute Gasteiger partial charge is 0.176 e. The van der Waals surface area contributed by atoms with Crippen molar-refractivity contribution in [3.8, 4) is 0 Å². The molecule has 0 aliphatic rings. The number of hydrogen-bond donors (Lipinski definition) is 1. The minimum absolute atomic E-state index is 0.287. The molecule has 18 heavy (non-hydrogen) atoms. The van der Waals surface area contributed by atoms with Crippen molar-refractivity contribution in [1.82, 2.24) is 9.80 Å². The molecule has 0 amide bonds. The monoisotopic (exact) mass is 261 g/mol. The number of nitrogens with zero attached hydrogens (tertiary/aromatic N) is 2. The van der Waals surface area contributed by atoms with Crippen molar-refractivity contribution in [2.24, 2.45) is 5.73 Å². The van der Waals surface area contributed by atoms with Gasteiger partial charge in [-0.15, -0.1) is 0 Å². The van der Waals surface area contributed by atoms with Gasteiger partial charge in [0.2, 0.25) is 0 Å². The first-order valence-electron chi connectivity index (χ1n) is 6.61. The van der Waals surface area contributed by atoms with Crippen LogP contribution in [0.3, 0.4) is 0 Å². The van der Waals surface area contributed by atoms with Gasteiger partial charge >= 0.3 is 0 Å². The lowest BCUT2D eigenvalue weighted by molar-refractivity contribution is -0.180. The largest absolute Gasteiger partial charge is 0.354 e. The zero-order chi connectivity index (χ0) is 14.2. The zero-order valence-electron chi connectivity index (χ0n) is 12.9. The Balaban J connectivity index is 4.63. The summed E-state index contributed by atoms with van der Waals surface area (Å²) in [4.78, 5) is 4.53. The van der Waals surface area contributed by atoms with Gasteiger partial charge in [0.05, 0.1) is 5.54 Å². The number of nitrogens with two attached hydrogens (primary N) is 1. The molecular formula is C13H31N3O2. The highest BCUT2D eigenvalue weighted by molar-refractivity contribution is 4.90. The van der Waals surface area contributed by atoms with Gasteiger partial charge in [-0.2, -0.15) is 0 Å². The summed E-state index contributed by atoms with van der Waals surface area (Å²) >= 11 is 0. The summed E-state index contributed by atoms with van der Waals surface area (Å²) < 4.78 is 10.8. The van der Waals surface area contributed by atoms with Crippen molar-refractivity contribution >= 4 is 0 Å². The van der Waals surface area contributed by atoms with Crippen LogP contribution in [-0.4, -0.2) is 76.1 Å². The van der Waals surface area contributed by atoms with E-state index in [1.54, 1.807) is 14.2 Å². The first-order chi connectivity index (χ1) is 8.46. The summed E-state index contributed by atoms with van der Waals surface area (Å²) in [7, 11) is 7.50. The van der Waals surface area contributed by atoms with Gasteiger partial charge in [-0.05, 0) is 40.5 Å². The molecule has 0 saturated heterocycles. The first-order valence-corrected chi connectivity index (χ1v) is 6.61. The van der Waals surface area contributed by atoms with E-state index in [1.165, 1.54) is 0 Å². The van der Waals surface area contributed by atoms with Gasteiger partial charge < -0.3 is 20.1 Å². The maximum Gasteiger partial charge on any atom is 0.176 e. The molecule has 0 spiro atoms. The summed E-state index contributed by atoms with van der Waals surface area (Å²) in [6, 6.07) is 0. The predicted octanol–water partition coefficient (Wildman–Crippen LogP) is 0.596. The van der Waals surface area contributed by atoms with E-state index in [4.69, 9.17) is 15.2 Å². The van der Waals surface area contributed by atoms with E-state index in [2.05, 4.69) is 37.7 Å². The lowest BCUT2D eigenvalue weighted by Gasteiger charge is -2.44. The van der Waals surface area contributed by atoms with Gasteiger partial charge in [0.25, 0.3) is 0 Å². The standard InChI is InChI=1S/C13H31N3O2/c1-7-16(10-8-9-15(3)4)13(2,11-14)12(17-5)18-6/h12H,7-11,14H2,1-6H3. The Morgan fingerprint density at radius 3 is 2.06 bits per heavy atom. The average Bonchev–Trinajstić information content (AvgIpc) is 2.35. The van der Waals surface area contributed by atoms with Crippen molar-refractivity contribution in [2.45, 2.75) is 32.1 Å². The molecule has 0 rings (SSSR count). The van der Waals surface area contributed by atoms with E-state index < -0.39 is 0 Å². The molecule has 1 unspecified atom stereocenters. The van der Waals surface area contributed by atoms with Crippen LogP contribution in [0.1, 0.15) is 20.3 Å². The molecule has 0 bridgehead atoms. The topological polar surface area (TPSA) is 51.0 Å². The summed E-state index contributed by atoms with van der Waals surface area (Å²) in [6.45, 7) is 7.75. The summed E-state index contributed by atoms with van der Waals surface area (Å²) in [6.07, 6.45) is 0.804. The third kappa shape index (κ3) is 4.82. The Morgan fingerprint density at radius 2 is 1.72 bits per heavy atom. The highest BCUT2D eigenvalue weighted by atomic mass is 16.7. The molecule has 0 saturated carbocycles. The minimum Gasteiger partial charge on any atom is -0.354 e. The van der Waals surface area contributed by atoms with Crippen LogP contribution in [0, 0.1) is 0 Å². The number of rotatable bonds is 10. The Bertz CT molecular complexity index is 210. The number of hydrogen-bond acceptors (Lipinski definition) is 5. The molecule has 110 valence electrons. The number of ether oxygens (including phenoxy) is 2. The molecule has 0 aliphatic heterocycles. The van der Waals surface area contributed by atoms with E-state index in [0.717, 1.165) is 26.1 Å². The zero-order valence-corrected chi connectivity index (χ0v) is 12.9. The lowest BCUT2D eigenvalue weighted by Crippen LogP contribution is -2.60. The van der Waals surface area contributed by atoms with Crippen molar-refractivity contribution < 1.29 is 9.47 Å². The molecule has 1 atom stereocenters. The van der Waals surface area contributed by atoms with Crippen LogP contribution in [0.2, 0.25) is 0 Å². The quantitative estimate of drug-likeness (QED) is 0.584. The summed E-state index contributed by atoms with van der Waals surface area (Å²) in [5.41, 5.74) is 5.67. The third-order valence-corrected chi connectivity index (χ3v) is 3.49. The second kappa shape index (κ2) is 8.82. The van der Waals surface area contributed by atoms with Gasteiger partial charge in [-0.1, -0.05) is 6.92 Å². The van der Waals surface area contributed by atoms with Crippen LogP contribution in [0.25, 0.3) is 0 Å². The van der Waals surface area contributed by atoms with E-state index >= 15 is 0 Å². The second-order valence-electron chi connectivity index (χ2n) is 5.10. The summed E-state index contributed by atoms with van der Waals surface area (Å²) in [5.74, 6) is 0. The maximum atomic E-state index is 5.95. The van der Waals surface area contributed by atoms with Gasteiger partial charge in [0.1, 0.15) is 0 Å². The van der Waals surface area contributed by atoms with Crippen LogP contribution < -0.4 is 5.73 Å².